The fraction of sp³-hybridized carbons (Fsp3) is 0. The van der Waals surface area contributed by atoms with Gasteiger partial charge in [-0.15, -0.1) is 0 Å². The smallest absolute Gasteiger partial charge is 0.0353 e. The van der Waals surface area contributed by atoms with Gasteiger partial charge in [0.1, 0.15) is 0 Å². The van der Waals surface area contributed by atoms with Crippen LogP contribution >= 0.6 is 0 Å². The number of hydrogen-bond donors (Lipinski definition) is 0. The van der Waals surface area contributed by atoms with Crippen molar-refractivity contribution < 1.29 is 0 Å². The molecule has 4 rings (SSSR count). The summed E-state index contributed by atoms with van der Waals surface area (Å²) >= 11 is 0. The van der Waals surface area contributed by atoms with Crippen LogP contribution in [0.15, 0.2) is 61.2 Å². The van der Waals surface area contributed by atoms with Gasteiger partial charge in [-0.1, -0.05) is 24.3 Å². The molecule has 4 aromatic rings. The van der Waals surface area contributed by atoms with Gasteiger partial charge in [-0.25, -0.2) is 0 Å². The van der Waals surface area contributed by atoms with Crippen LogP contribution in [-0.2, 0) is 0 Å². The van der Waals surface area contributed by atoms with E-state index < -0.39 is 0 Å². The second kappa shape index (κ2) is 3.50. The maximum absolute atomic E-state index is 4.24. The molecule has 18 heavy (non-hydrogen) atoms. The van der Waals surface area contributed by atoms with E-state index in [1.165, 1.54) is 32.3 Å². The van der Waals surface area contributed by atoms with Gasteiger partial charge in [0, 0.05) is 35.6 Å². The summed E-state index contributed by atoms with van der Waals surface area (Å²) in [7, 11) is 0. The lowest BCUT2D eigenvalue weighted by Crippen LogP contribution is -1.84. The molecule has 2 heterocycles. The van der Waals surface area contributed by atoms with Crippen molar-refractivity contribution in [3.8, 4) is 0 Å². The van der Waals surface area contributed by atoms with Crippen molar-refractivity contribution in [3.63, 3.8) is 0 Å². The van der Waals surface area contributed by atoms with E-state index in [2.05, 4.69) is 46.4 Å². The van der Waals surface area contributed by atoms with Crippen molar-refractivity contribution in [2.24, 2.45) is 0 Å². The Morgan fingerprint density at radius 3 is 1.44 bits per heavy atom. The number of hydrogen-bond acceptors (Lipinski definition) is 2. The van der Waals surface area contributed by atoms with Crippen molar-refractivity contribution in [1.82, 2.24) is 9.97 Å². The Morgan fingerprint density at radius 2 is 0.944 bits per heavy atom. The summed E-state index contributed by atoms with van der Waals surface area (Å²) in [5, 5.41) is 7.35. The Labute approximate surface area is 104 Å². The molecule has 0 saturated carbocycles. The molecule has 84 valence electrons. The molecule has 2 aromatic carbocycles. The van der Waals surface area contributed by atoms with Crippen molar-refractivity contribution in [2.75, 3.05) is 0 Å². The quantitative estimate of drug-likeness (QED) is 0.428. The second-order valence-corrected chi connectivity index (χ2v) is 4.39. The zero-order valence-electron chi connectivity index (χ0n) is 9.67. The number of rotatable bonds is 0. The Bertz CT molecular complexity index is 661. The van der Waals surface area contributed by atoms with Crippen molar-refractivity contribution in [3.05, 3.63) is 61.2 Å². The number of pyridine rings is 2. The van der Waals surface area contributed by atoms with Crippen LogP contribution in [0.5, 0.6) is 0 Å². The van der Waals surface area contributed by atoms with Crippen LogP contribution in [0, 0.1) is 0 Å². The van der Waals surface area contributed by atoms with Gasteiger partial charge >= 0.3 is 0 Å². The normalized spacial score (nSPS) is 11.3. The van der Waals surface area contributed by atoms with Crippen LogP contribution in [-0.4, -0.2) is 9.97 Å². The van der Waals surface area contributed by atoms with E-state index in [-0.39, 0.29) is 0 Å². The SMILES string of the molecule is c1ccc2c(c1)c1ccncc1c1cnccc21. The van der Waals surface area contributed by atoms with Crippen LogP contribution in [0.25, 0.3) is 32.3 Å². The summed E-state index contributed by atoms with van der Waals surface area (Å²) in [4.78, 5) is 8.48. The zero-order chi connectivity index (χ0) is 11.9. The third kappa shape index (κ3) is 1.17. The largest absolute Gasteiger partial charge is 0.264 e. The standard InChI is InChI=1S/C16H10N2/c1-2-4-12-11(3-1)13-5-7-17-9-15(13)16-10-18-8-6-14(12)16/h1-10H. The molecular formula is C16H10N2. The van der Waals surface area contributed by atoms with E-state index in [4.69, 9.17) is 0 Å². The minimum absolute atomic E-state index is 1.17. The summed E-state index contributed by atoms with van der Waals surface area (Å²) in [6.45, 7) is 0. The summed E-state index contributed by atoms with van der Waals surface area (Å²) < 4.78 is 0. The Balaban J connectivity index is 2.46. The third-order valence-corrected chi connectivity index (χ3v) is 3.44. The molecule has 2 aromatic heterocycles. The highest BCUT2D eigenvalue weighted by Gasteiger charge is 2.07. The number of nitrogens with zero attached hydrogens (tertiary/aromatic N) is 2. The van der Waals surface area contributed by atoms with Crippen LogP contribution in [0.4, 0.5) is 0 Å². The molecule has 0 fully saturated rings. The van der Waals surface area contributed by atoms with E-state index in [0.29, 0.717) is 0 Å². The van der Waals surface area contributed by atoms with Gasteiger partial charge < -0.3 is 0 Å². The lowest BCUT2D eigenvalue weighted by atomic mass is 9.97. The molecule has 0 aliphatic carbocycles. The van der Waals surface area contributed by atoms with Crippen molar-refractivity contribution >= 4 is 32.3 Å². The van der Waals surface area contributed by atoms with E-state index in [9.17, 15) is 0 Å². The van der Waals surface area contributed by atoms with Gasteiger partial charge in [0.05, 0.1) is 0 Å². The van der Waals surface area contributed by atoms with Crippen LogP contribution in [0.2, 0.25) is 0 Å². The summed E-state index contributed by atoms with van der Waals surface area (Å²) in [6, 6.07) is 12.6. The minimum atomic E-state index is 1.17. The Morgan fingerprint density at radius 1 is 0.500 bits per heavy atom. The molecule has 2 heteroatoms. The van der Waals surface area contributed by atoms with Gasteiger partial charge in [0.25, 0.3) is 0 Å². The number of aromatic nitrogens is 2. The first-order chi connectivity index (χ1) is 8.95. The van der Waals surface area contributed by atoms with Gasteiger partial charge in [0.15, 0.2) is 0 Å². The fourth-order valence-electron chi connectivity index (χ4n) is 2.64. The fourth-order valence-corrected chi connectivity index (χ4v) is 2.64. The highest BCUT2D eigenvalue weighted by Crippen LogP contribution is 2.33. The predicted octanol–water partition coefficient (Wildman–Crippen LogP) is 3.94. The molecule has 0 atom stereocenters. The molecular weight excluding hydrogens is 220 g/mol. The third-order valence-electron chi connectivity index (χ3n) is 3.44. The first-order valence-electron chi connectivity index (χ1n) is 5.93. The summed E-state index contributed by atoms with van der Waals surface area (Å²) in [5.74, 6) is 0. The van der Waals surface area contributed by atoms with Gasteiger partial charge in [-0.2, -0.15) is 0 Å². The number of fused-ring (bicyclic) bond motifs is 6. The average Bonchev–Trinajstić information content (AvgIpc) is 2.48. The Kier molecular flexibility index (Phi) is 1.86. The molecule has 0 aliphatic heterocycles. The maximum atomic E-state index is 4.24. The molecule has 0 amide bonds. The van der Waals surface area contributed by atoms with Gasteiger partial charge in [-0.3, -0.25) is 9.97 Å². The van der Waals surface area contributed by atoms with Crippen LogP contribution in [0.1, 0.15) is 0 Å². The van der Waals surface area contributed by atoms with Crippen molar-refractivity contribution in [1.29, 1.82) is 0 Å². The molecule has 0 aliphatic rings. The topological polar surface area (TPSA) is 25.8 Å². The lowest BCUT2D eigenvalue weighted by Gasteiger charge is -2.08. The van der Waals surface area contributed by atoms with Gasteiger partial charge in [0.2, 0.25) is 0 Å². The van der Waals surface area contributed by atoms with Crippen molar-refractivity contribution in [2.45, 2.75) is 0 Å². The van der Waals surface area contributed by atoms with E-state index in [1.54, 1.807) is 0 Å². The second-order valence-electron chi connectivity index (χ2n) is 4.39. The average molecular weight is 230 g/mol. The summed E-state index contributed by atoms with van der Waals surface area (Å²) in [6.07, 6.45) is 7.53. The molecule has 0 spiro atoms. The highest BCUT2D eigenvalue weighted by atomic mass is 14.6. The monoisotopic (exact) mass is 230 g/mol. The molecule has 0 saturated heterocycles. The number of benzene rings is 2. The van der Waals surface area contributed by atoms with Gasteiger partial charge in [-0.05, 0) is 33.7 Å². The Hall–Kier alpha value is -2.48. The summed E-state index contributed by atoms with van der Waals surface area (Å²) in [5.41, 5.74) is 0. The van der Waals surface area contributed by atoms with E-state index in [1.807, 2.05) is 24.8 Å². The molecule has 0 unspecified atom stereocenters. The van der Waals surface area contributed by atoms with Crippen LogP contribution < -0.4 is 0 Å². The zero-order valence-corrected chi connectivity index (χ0v) is 9.67. The predicted molar refractivity (Wildman–Crippen MR) is 74.6 cm³/mol. The van der Waals surface area contributed by atoms with E-state index >= 15 is 0 Å². The molecule has 0 N–H and O–H groups in total. The van der Waals surface area contributed by atoms with E-state index in [0.717, 1.165) is 0 Å². The molecule has 0 bridgehead atoms. The van der Waals surface area contributed by atoms with Crippen LogP contribution in [0.3, 0.4) is 0 Å². The first kappa shape index (κ1) is 9.54. The molecule has 0 radical (unpaired) electrons. The highest BCUT2D eigenvalue weighted by molar-refractivity contribution is 6.24. The minimum Gasteiger partial charge on any atom is -0.264 e. The molecule has 2 nitrogen and oxygen atoms in total. The lowest BCUT2D eigenvalue weighted by molar-refractivity contribution is 1.35. The maximum Gasteiger partial charge on any atom is 0.0353 e. The first-order valence-corrected chi connectivity index (χ1v) is 5.93.